The minimum absolute atomic E-state index is 0.0914. The van der Waals surface area contributed by atoms with Crippen molar-refractivity contribution in [1.29, 1.82) is 0 Å². The number of hydrogen-bond acceptors (Lipinski definition) is 4. The number of carbonyl (C=O) groups excluding carboxylic acids is 1. The van der Waals surface area contributed by atoms with Gasteiger partial charge in [0.25, 0.3) is 0 Å². The Balaban J connectivity index is 2.40. The fraction of sp³-hybridized carbons (Fsp3) is 0.583. The monoisotopic (exact) mass is 270 g/mol. The Morgan fingerprint density at radius 3 is 2.83 bits per heavy atom. The predicted octanol–water partition coefficient (Wildman–Crippen LogP) is 2.22. The maximum Gasteiger partial charge on any atom is 0.230 e. The van der Waals surface area contributed by atoms with Gasteiger partial charge in [0.1, 0.15) is 5.15 Å². The maximum atomic E-state index is 11.8. The van der Waals surface area contributed by atoms with Crippen LogP contribution < -0.4 is 11.1 Å². The summed E-state index contributed by atoms with van der Waals surface area (Å²) in [5.74, 6) is 0.0554. The number of amides is 1. The van der Waals surface area contributed by atoms with Gasteiger partial charge >= 0.3 is 0 Å². The number of aromatic nitrogens is 2. The minimum atomic E-state index is -0.0954. The highest BCUT2D eigenvalue weighted by molar-refractivity contribution is 6.29. The lowest BCUT2D eigenvalue weighted by atomic mass is 10.0. The molecule has 0 bridgehead atoms. The molecular formula is C12H19ClN4O. The molecule has 6 heteroatoms. The third-order valence-electron chi connectivity index (χ3n) is 2.60. The molecule has 0 saturated carbocycles. The van der Waals surface area contributed by atoms with E-state index in [2.05, 4.69) is 15.3 Å². The van der Waals surface area contributed by atoms with E-state index in [1.807, 2.05) is 13.8 Å². The first-order chi connectivity index (χ1) is 8.49. The highest BCUT2D eigenvalue weighted by Crippen LogP contribution is 2.12. The Kier molecular flexibility index (Phi) is 6.01. The summed E-state index contributed by atoms with van der Waals surface area (Å²) >= 11 is 5.71. The van der Waals surface area contributed by atoms with E-state index < -0.39 is 0 Å². The van der Waals surface area contributed by atoms with Crippen molar-refractivity contribution in [1.82, 2.24) is 9.97 Å². The van der Waals surface area contributed by atoms with Gasteiger partial charge < -0.3 is 5.73 Å². The molecule has 0 saturated heterocycles. The fourth-order valence-electron chi connectivity index (χ4n) is 1.51. The van der Waals surface area contributed by atoms with Gasteiger partial charge in [-0.2, -0.15) is 0 Å². The van der Waals surface area contributed by atoms with E-state index in [0.29, 0.717) is 5.15 Å². The number of hydrogen-bond donors (Lipinski definition) is 2. The van der Waals surface area contributed by atoms with Crippen molar-refractivity contribution in [2.75, 3.05) is 5.32 Å². The van der Waals surface area contributed by atoms with E-state index >= 15 is 0 Å². The Hall–Kier alpha value is -1.20. The van der Waals surface area contributed by atoms with Gasteiger partial charge in [-0.3, -0.25) is 10.1 Å². The normalized spacial score (nSPS) is 14.0. The summed E-state index contributed by atoms with van der Waals surface area (Å²) in [5, 5.41) is 2.95. The van der Waals surface area contributed by atoms with Gasteiger partial charge in [0, 0.05) is 18.2 Å². The lowest BCUT2D eigenvalue weighted by Gasteiger charge is -2.11. The van der Waals surface area contributed by atoms with Crippen LogP contribution in [-0.2, 0) is 4.79 Å². The molecular weight excluding hydrogens is 252 g/mol. The first kappa shape index (κ1) is 14.9. The second kappa shape index (κ2) is 7.28. The van der Waals surface area contributed by atoms with Gasteiger partial charge in [0.15, 0.2) is 0 Å². The van der Waals surface area contributed by atoms with Crippen LogP contribution in [0, 0.1) is 5.92 Å². The SMILES string of the molecule is CC(N)CCCC(C)C(=O)Nc1nccc(Cl)n1. The molecule has 0 aromatic carbocycles. The molecule has 0 aliphatic heterocycles. The predicted molar refractivity (Wildman–Crippen MR) is 72.3 cm³/mol. The molecule has 0 spiro atoms. The summed E-state index contributed by atoms with van der Waals surface area (Å²) in [6.45, 7) is 3.84. The average molecular weight is 271 g/mol. The van der Waals surface area contributed by atoms with Crippen molar-refractivity contribution >= 4 is 23.5 Å². The number of nitrogens with zero attached hydrogens (tertiary/aromatic N) is 2. The number of rotatable bonds is 6. The lowest BCUT2D eigenvalue weighted by Crippen LogP contribution is -2.22. The Bertz CT molecular complexity index is 397. The van der Waals surface area contributed by atoms with Crippen LogP contribution in [-0.4, -0.2) is 21.9 Å². The highest BCUT2D eigenvalue weighted by Gasteiger charge is 2.14. The van der Waals surface area contributed by atoms with Crippen LogP contribution in [0.3, 0.4) is 0 Å². The Morgan fingerprint density at radius 2 is 2.22 bits per heavy atom. The van der Waals surface area contributed by atoms with Crippen molar-refractivity contribution in [2.45, 2.75) is 39.2 Å². The van der Waals surface area contributed by atoms with Crippen molar-refractivity contribution in [2.24, 2.45) is 11.7 Å². The van der Waals surface area contributed by atoms with Crippen molar-refractivity contribution in [3.8, 4) is 0 Å². The van der Waals surface area contributed by atoms with Crippen LogP contribution in [0.2, 0.25) is 5.15 Å². The molecule has 1 rings (SSSR count). The third kappa shape index (κ3) is 5.42. The number of nitrogens with two attached hydrogens (primary N) is 1. The Labute approximate surface area is 112 Å². The number of nitrogens with one attached hydrogen (secondary N) is 1. The van der Waals surface area contributed by atoms with Crippen molar-refractivity contribution in [3.05, 3.63) is 17.4 Å². The van der Waals surface area contributed by atoms with Crippen LogP contribution in [0.15, 0.2) is 12.3 Å². The van der Waals surface area contributed by atoms with Gasteiger partial charge in [-0.1, -0.05) is 24.9 Å². The van der Waals surface area contributed by atoms with Crippen LogP contribution >= 0.6 is 11.6 Å². The van der Waals surface area contributed by atoms with Crippen LogP contribution in [0.4, 0.5) is 5.95 Å². The average Bonchev–Trinajstić information content (AvgIpc) is 2.28. The summed E-state index contributed by atoms with van der Waals surface area (Å²) in [7, 11) is 0. The zero-order valence-electron chi connectivity index (χ0n) is 10.7. The van der Waals surface area contributed by atoms with Gasteiger partial charge in [-0.25, -0.2) is 9.97 Å². The van der Waals surface area contributed by atoms with Crippen LogP contribution in [0.1, 0.15) is 33.1 Å². The van der Waals surface area contributed by atoms with E-state index in [0.717, 1.165) is 19.3 Å². The molecule has 0 aliphatic rings. The molecule has 3 N–H and O–H groups in total. The second-order valence-electron chi connectivity index (χ2n) is 4.50. The molecule has 1 amide bonds. The highest BCUT2D eigenvalue weighted by atomic mass is 35.5. The van der Waals surface area contributed by atoms with E-state index in [9.17, 15) is 4.79 Å². The first-order valence-electron chi connectivity index (χ1n) is 6.04. The van der Waals surface area contributed by atoms with Crippen molar-refractivity contribution in [3.63, 3.8) is 0 Å². The summed E-state index contributed by atoms with van der Waals surface area (Å²) in [6.07, 6.45) is 4.16. The van der Waals surface area contributed by atoms with Gasteiger partial charge in [-0.15, -0.1) is 0 Å². The summed E-state index contributed by atoms with van der Waals surface area (Å²) in [5.41, 5.74) is 5.66. The molecule has 2 atom stereocenters. The topological polar surface area (TPSA) is 80.9 Å². The number of carbonyl (C=O) groups is 1. The first-order valence-corrected chi connectivity index (χ1v) is 6.42. The molecule has 2 unspecified atom stereocenters. The van der Waals surface area contributed by atoms with Crippen molar-refractivity contribution < 1.29 is 4.79 Å². The molecule has 1 heterocycles. The smallest absolute Gasteiger partial charge is 0.230 e. The fourth-order valence-corrected chi connectivity index (χ4v) is 1.64. The Morgan fingerprint density at radius 1 is 1.50 bits per heavy atom. The molecule has 0 radical (unpaired) electrons. The van der Waals surface area contributed by atoms with Gasteiger partial charge in [0.2, 0.25) is 11.9 Å². The number of halogens is 1. The van der Waals surface area contributed by atoms with Crippen LogP contribution in [0.25, 0.3) is 0 Å². The van der Waals surface area contributed by atoms with E-state index in [1.54, 1.807) is 6.07 Å². The van der Waals surface area contributed by atoms with Crippen LogP contribution in [0.5, 0.6) is 0 Å². The largest absolute Gasteiger partial charge is 0.328 e. The van der Waals surface area contributed by atoms with Gasteiger partial charge in [0.05, 0.1) is 0 Å². The molecule has 18 heavy (non-hydrogen) atoms. The summed E-state index contributed by atoms with van der Waals surface area (Å²) < 4.78 is 0. The molecule has 5 nitrogen and oxygen atoms in total. The van der Waals surface area contributed by atoms with E-state index in [1.165, 1.54) is 6.20 Å². The minimum Gasteiger partial charge on any atom is -0.328 e. The number of anilines is 1. The zero-order valence-corrected chi connectivity index (χ0v) is 11.4. The van der Waals surface area contributed by atoms with Gasteiger partial charge in [-0.05, 0) is 25.8 Å². The quantitative estimate of drug-likeness (QED) is 0.777. The maximum absolute atomic E-state index is 11.8. The van der Waals surface area contributed by atoms with E-state index in [4.69, 9.17) is 17.3 Å². The molecule has 1 aromatic rings. The summed E-state index contributed by atoms with van der Waals surface area (Å²) in [4.78, 5) is 19.7. The molecule has 0 fully saturated rings. The molecule has 0 aliphatic carbocycles. The zero-order chi connectivity index (χ0) is 13.5. The van der Waals surface area contributed by atoms with E-state index in [-0.39, 0.29) is 23.8 Å². The summed E-state index contributed by atoms with van der Waals surface area (Å²) in [6, 6.07) is 1.74. The third-order valence-corrected chi connectivity index (χ3v) is 2.81. The lowest BCUT2D eigenvalue weighted by molar-refractivity contribution is -0.119. The molecule has 1 aromatic heterocycles. The standard InChI is InChI=1S/C12H19ClN4O/c1-8(4-3-5-9(2)14)11(18)17-12-15-7-6-10(13)16-12/h6-9H,3-5,14H2,1-2H3,(H,15,16,17,18). The molecule has 100 valence electrons. The second-order valence-corrected chi connectivity index (χ2v) is 4.89.